The number of hydrogen-bond donors (Lipinski definition) is 1. The van der Waals surface area contributed by atoms with Gasteiger partial charge in [-0.3, -0.25) is 15.1 Å². The topological polar surface area (TPSA) is 78.7 Å². The van der Waals surface area contributed by atoms with Crippen LogP contribution in [0.3, 0.4) is 0 Å². The molecule has 1 amide bonds. The molecule has 0 radical (unpaired) electrons. The highest BCUT2D eigenvalue weighted by Gasteiger charge is 2.09. The Morgan fingerprint density at radius 2 is 2.29 bits per heavy atom. The van der Waals surface area contributed by atoms with E-state index in [1.807, 2.05) is 6.07 Å². The van der Waals surface area contributed by atoms with Crippen LogP contribution in [0.4, 0.5) is 5.13 Å². The summed E-state index contributed by atoms with van der Waals surface area (Å²) in [7, 11) is 0. The van der Waals surface area contributed by atoms with Crippen molar-refractivity contribution in [2.24, 2.45) is 0 Å². The SMILES string of the molecule is N#Cc1cnc(NC(=O)c2cncc(Br)c2)s1. The third-order valence-corrected chi connectivity index (χ3v) is 3.05. The van der Waals surface area contributed by atoms with Crippen LogP contribution in [-0.4, -0.2) is 15.9 Å². The molecule has 7 heteroatoms. The molecule has 5 nitrogen and oxygen atoms in total. The van der Waals surface area contributed by atoms with Crippen molar-refractivity contribution in [3.8, 4) is 6.07 Å². The van der Waals surface area contributed by atoms with Crippen molar-refractivity contribution in [1.29, 1.82) is 5.26 Å². The van der Waals surface area contributed by atoms with Gasteiger partial charge < -0.3 is 0 Å². The normalized spacial score (nSPS) is 9.65. The molecule has 2 aromatic heterocycles. The van der Waals surface area contributed by atoms with E-state index < -0.39 is 0 Å². The number of anilines is 1. The molecule has 0 spiro atoms. The number of nitrogens with zero attached hydrogens (tertiary/aromatic N) is 3. The lowest BCUT2D eigenvalue weighted by Gasteiger charge is -2.00. The van der Waals surface area contributed by atoms with E-state index in [1.54, 1.807) is 12.3 Å². The molecule has 0 aliphatic rings. The van der Waals surface area contributed by atoms with Gasteiger partial charge >= 0.3 is 0 Å². The monoisotopic (exact) mass is 308 g/mol. The molecule has 2 aromatic rings. The second kappa shape index (κ2) is 5.03. The Morgan fingerprint density at radius 1 is 1.47 bits per heavy atom. The maximum Gasteiger partial charge on any atom is 0.259 e. The van der Waals surface area contributed by atoms with Gasteiger partial charge in [-0.2, -0.15) is 5.26 Å². The lowest BCUT2D eigenvalue weighted by atomic mass is 10.3. The predicted octanol–water partition coefficient (Wildman–Crippen LogP) is 2.42. The molecule has 84 valence electrons. The standard InChI is InChI=1S/C10H5BrN4OS/c11-7-1-6(3-13-4-7)9(16)15-10-14-5-8(2-12)17-10/h1,3-5H,(H,14,15,16). The van der Waals surface area contributed by atoms with Gasteiger partial charge in [0.15, 0.2) is 5.13 Å². The molecule has 2 heterocycles. The third kappa shape index (κ3) is 2.87. The van der Waals surface area contributed by atoms with Crippen LogP contribution in [0.15, 0.2) is 29.1 Å². The zero-order chi connectivity index (χ0) is 12.3. The summed E-state index contributed by atoms with van der Waals surface area (Å²) in [6.07, 6.45) is 4.46. The van der Waals surface area contributed by atoms with Gasteiger partial charge in [0.05, 0.1) is 11.8 Å². The first kappa shape index (κ1) is 11.7. The number of pyridine rings is 1. The molecular formula is C10H5BrN4OS. The van der Waals surface area contributed by atoms with Crippen LogP contribution in [0.5, 0.6) is 0 Å². The molecule has 0 unspecified atom stereocenters. The lowest BCUT2D eigenvalue weighted by molar-refractivity contribution is 0.102. The molecule has 0 bridgehead atoms. The minimum Gasteiger partial charge on any atom is -0.298 e. The second-order valence-electron chi connectivity index (χ2n) is 2.99. The summed E-state index contributed by atoms with van der Waals surface area (Å²) in [6.45, 7) is 0. The van der Waals surface area contributed by atoms with Crippen molar-refractivity contribution >= 4 is 38.3 Å². The Balaban J connectivity index is 2.14. The van der Waals surface area contributed by atoms with Crippen molar-refractivity contribution in [3.63, 3.8) is 0 Å². The molecular weight excluding hydrogens is 304 g/mol. The van der Waals surface area contributed by atoms with E-state index in [0.29, 0.717) is 15.6 Å². The summed E-state index contributed by atoms with van der Waals surface area (Å²) in [5.74, 6) is -0.308. The van der Waals surface area contributed by atoms with Crippen molar-refractivity contribution in [1.82, 2.24) is 9.97 Å². The molecule has 0 aliphatic carbocycles. The average Bonchev–Trinajstić information content (AvgIpc) is 2.77. The van der Waals surface area contributed by atoms with Gasteiger partial charge in [0.1, 0.15) is 10.9 Å². The maximum atomic E-state index is 11.8. The number of aromatic nitrogens is 2. The fraction of sp³-hybridized carbons (Fsp3) is 0. The smallest absolute Gasteiger partial charge is 0.259 e. The van der Waals surface area contributed by atoms with Gasteiger partial charge in [0, 0.05) is 16.9 Å². The van der Waals surface area contributed by atoms with Crippen LogP contribution in [0, 0.1) is 11.3 Å². The van der Waals surface area contributed by atoms with Gasteiger partial charge in [-0.15, -0.1) is 0 Å². The number of thiazole rings is 1. The molecule has 0 aromatic carbocycles. The molecule has 1 N–H and O–H groups in total. The van der Waals surface area contributed by atoms with Crippen molar-refractivity contribution in [3.05, 3.63) is 39.6 Å². The van der Waals surface area contributed by atoms with Crippen LogP contribution < -0.4 is 5.32 Å². The van der Waals surface area contributed by atoms with Crippen molar-refractivity contribution in [2.75, 3.05) is 5.32 Å². The van der Waals surface area contributed by atoms with Gasteiger partial charge in [0.2, 0.25) is 0 Å². The van der Waals surface area contributed by atoms with E-state index in [4.69, 9.17) is 5.26 Å². The molecule has 17 heavy (non-hydrogen) atoms. The maximum absolute atomic E-state index is 11.8. The predicted molar refractivity (Wildman–Crippen MR) is 66.7 cm³/mol. The highest BCUT2D eigenvalue weighted by molar-refractivity contribution is 9.10. The Morgan fingerprint density at radius 3 is 2.94 bits per heavy atom. The molecule has 0 aliphatic heterocycles. The van der Waals surface area contributed by atoms with Crippen molar-refractivity contribution in [2.45, 2.75) is 0 Å². The van der Waals surface area contributed by atoms with Crippen LogP contribution in [0.2, 0.25) is 0 Å². The minimum atomic E-state index is -0.308. The van der Waals surface area contributed by atoms with Crippen LogP contribution >= 0.6 is 27.3 Å². The summed E-state index contributed by atoms with van der Waals surface area (Å²) in [4.78, 5) is 20.0. The summed E-state index contributed by atoms with van der Waals surface area (Å²) in [6, 6.07) is 3.61. The molecule has 0 saturated heterocycles. The van der Waals surface area contributed by atoms with Gasteiger partial charge in [-0.05, 0) is 22.0 Å². The summed E-state index contributed by atoms with van der Waals surface area (Å²) >= 11 is 4.36. The Labute approximate surface area is 109 Å². The van der Waals surface area contributed by atoms with E-state index in [2.05, 4.69) is 31.2 Å². The third-order valence-electron chi connectivity index (χ3n) is 1.80. The molecule has 0 fully saturated rings. The number of halogens is 1. The fourth-order valence-electron chi connectivity index (χ4n) is 1.09. The summed E-state index contributed by atoms with van der Waals surface area (Å²) in [5.41, 5.74) is 0.424. The zero-order valence-corrected chi connectivity index (χ0v) is 10.7. The van der Waals surface area contributed by atoms with E-state index in [1.165, 1.54) is 12.4 Å². The van der Waals surface area contributed by atoms with Crippen LogP contribution in [0.25, 0.3) is 0 Å². The quantitative estimate of drug-likeness (QED) is 0.924. The number of nitrogens with one attached hydrogen (secondary N) is 1. The van der Waals surface area contributed by atoms with Crippen molar-refractivity contribution < 1.29 is 4.79 Å². The highest BCUT2D eigenvalue weighted by atomic mass is 79.9. The Kier molecular flexibility index (Phi) is 3.46. The lowest BCUT2D eigenvalue weighted by Crippen LogP contribution is -2.11. The Bertz CT molecular complexity index is 604. The number of carbonyl (C=O) groups is 1. The van der Waals surface area contributed by atoms with E-state index in [-0.39, 0.29) is 5.91 Å². The average molecular weight is 309 g/mol. The Hall–Kier alpha value is -1.78. The first-order valence-corrected chi connectivity index (χ1v) is 6.08. The molecule has 2 rings (SSSR count). The van der Waals surface area contributed by atoms with Gasteiger partial charge in [-0.25, -0.2) is 4.98 Å². The number of hydrogen-bond acceptors (Lipinski definition) is 5. The molecule has 0 atom stereocenters. The first-order chi connectivity index (χ1) is 8.19. The zero-order valence-electron chi connectivity index (χ0n) is 8.35. The largest absolute Gasteiger partial charge is 0.298 e. The highest BCUT2D eigenvalue weighted by Crippen LogP contribution is 2.18. The number of rotatable bonds is 2. The second-order valence-corrected chi connectivity index (χ2v) is 4.93. The number of nitriles is 1. The van der Waals surface area contributed by atoms with Crippen LogP contribution in [0.1, 0.15) is 15.2 Å². The van der Waals surface area contributed by atoms with Gasteiger partial charge in [-0.1, -0.05) is 11.3 Å². The van der Waals surface area contributed by atoms with E-state index >= 15 is 0 Å². The fourth-order valence-corrected chi connectivity index (χ4v) is 2.06. The molecule has 0 saturated carbocycles. The summed E-state index contributed by atoms with van der Waals surface area (Å²) in [5, 5.41) is 11.6. The number of amides is 1. The van der Waals surface area contributed by atoms with Crippen LogP contribution in [-0.2, 0) is 0 Å². The van der Waals surface area contributed by atoms with E-state index in [9.17, 15) is 4.79 Å². The number of carbonyl (C=O) groups excluding carboxylic acids is 1. The summed E-state index contributed by atoms with van der Waals surface area (Å²) < 4.78 is 0.724. The first-order valence-electron chi connectivity index (χ1n) is 4.47. The van der Waals surface area contributed by atoms with E-state index in [0.717, 1.165) is 15.8 Å². The van der Waals surface area contributed by atoms with Gasteiger partial charge in [0.25, 0.3) is 5.91 Å². The minimum absolute atomic E-state index is 0.308.